The van der Waals surface area contributed by atoms with Crippen LogP contribution < -0.4 is 5.73 Å². The van der Waals surface area contributed by atoms with Crippen LogP contribution >= 0.6 is 11.7 Å². The van der Waals surface area contributed by atoms with E-state index in [0.29, 0.717) is 37.0 Å². The molecule has 0 atom stereocenters. The summed E-state index contributed by atoms with van der Waals surface area (Å²) >= 11 is 0.990. The van der Waals surface area contributed by atoms with Crippen LogP contribution in [0.5, 0.6) is 0 Å². The predicted molar refractivity (Wildman–Crippen MR) is 78.1 cm³/mol. The second-order valence-corrected chi connectivity index (χ2v) is 7.40. The van der Waals surface area contributed by atoms with Crippen molar-refractivity contribution in [3.63, 3.8) is 0 Å². The highest BCUT2D eigenvalue weighted by Gasteiger charge is 2.32. The molecule has 0 saturated carbocycles. The topological polar surface area (TPSA) is 106 Å². The largest absolute Gasteiger partial charge is 0.369 e. The Labute approximate surface area is 126 Å². The molecule has 2 N–H and O–H groups in total. The average molecular weight is 326 g/mol. The summed E-state index contributed by atoms with van der Waals surface area (Å²) in [6.07, 6.45) is 0.916. The number of hydrogen-bond acceptors (Lipinski definition) is 6. The molecule has 0 radical (unpaired) electrons. The van der Waals surface area contributed by atoms with E-state index in [9.17, 15) is 13.2 Å². The average Bonchev–Trinajstić information content (AvgIpc) is 2.95. The fourth-order valence-electron chi connectivity index (χ4n) is 2.51. The van der Waals surface area contributed by atoms with Crippen LogP contribution in [0.1, 0.15) is 12.8 Å². The number of carbonyl (C=O) groups is 1. The van der Waals surface area contributed by atoms with Crippen LogP contribution in [0.25, 0.3) is 11.0 Å². The summed E-state index contributed by atoms with van der Waals surface area (Å²) in [6, 6.07) is 4.93. The van der Waals surface area contributed by atoms with Gasteiger partial charge in [-0.05, 0) is 25.0 Å². The quantitative estimate of drug-likeness (QED) is 0.888. The normalized spacial score (nSPS) is 18.1. The Balaban J connectivity index is 1.91. The van der Waals surface area contributed by atoms with E-state index >= 15 is 0 Å². The fourth-order valence-corrected chi connectivity index (χ4v) is 4.73. The Kier molecular flexibility index (Phi) is 3.64. The summed E-state index contributed by atoms with van der Waals surface area (Å²) in [7, 11) is -3.62. The van der Waals surface area contributed by atoms with Gasteiger partial charge in [0.15, 0.2) is 0 Å². The molecule has 112 valence electrons. The standard InChI is InChI=1S/C12H14N4O3S2/c13-12(17)8-4-6-16(7-5-8)21(18,19)10-3-1-2-9-11(10)15-20-14-9/h1-3,8H,4-7H2,(H2,13,17). The molecule has 1 amide bonds. The van der Waals surface area contributed by atoms with Crippen LogP contribution in [0.4, 0.5) is 0 Å². The van der Waals surface area contributed by atoms with Gasteiger partial charge in [0.25, 0.3) is 0 Å². The number of carbonyl (C=O) groups excluding carboxylic acids is 1. The van der Waals surface area contributed by atoms with Gasteiger partial charge in [0.05, 0.1) is 11.7 Å². The monoisotopic (exact) mass is 326 g/mol. The molecule has 0 aliphatic carbocycles. The van der Waals surface area contributed by atoms with Gasteiger partial charge in [-0.3, -0.25) is 4.79 Å². The molecule has 2 aromatic rings. The lowest BCUT2D eigenvalue weighted by molar-refractivity contribution is -0.122. The van der Waals surface area contributed by atoms with Gasteiger partial charge in [-0.25, -0.2) is 8.42 Å². The number of rotatable bonds is 3. The van der Waals surface area contributed by atoms with E-state index in [1.807, 2.05) is 0 Å². The number of primary amides is 1. The Morgan fingerprint density at radius 3 is 2.67 bits per heavy atom. The van der Waals surface area contributed by atoms with Crippen LogP contribution in [0, 0.1) is 5.92 Å². The van der Waals surface area contributed by atoms with Crippen molar-refractivity contribution in [3.05, 3.63) is 18.2 Å². The maximum atomic E-state index is 12.7. The SMILES string of the molecule is NC(=O)C1CCN(S(=O)(=O)c2cccc3nsnc23)CC1. The molecule has 1 aliphatic rings. The molecule has 1 aliphatic heterocycles. The van der Waals surface area contributed by atoms with E-state index in [1.54, 1.807) is 18.2 Å². The molecule has 1 fully saturated rings. The zero-order valence-corrected chi connectivity index (χ0v) is 12.7. The van der Waals surface area contributed by atoms with Crippen molar-refractivity contribution in [1.82, 2.24) is 13.1 Å². The number of sulfonamides is 1. The molecule has 1 aromatic heterocycles. The van der Waals surface area contributed by atoms with Crippen molar-refractivity contribution in [2.24, 2.45) is 11.7 Å². The number of amides is 1. The number of piperidine rings is 1. The van der Waals surface area contributed by atoms with Gasteiger partial charge >= 0.3 is 0 Å². The summed E-state index contributed by atoms with van der Waals surface area (Å²) in [6.45, 7) is 0.591. The van der Waals surface area contributed by atoms with Crippen molar-refractivity contribution in [2.45, 2.75) is 17.7 Å². The van der Waals surface area contributed by atoms with Crippen LogP contribution in [-0.2, 0) is 14.8 Å². The van der Waals surface area contributed by atoms with Crippen LogP contribution in [0.15, 0.2) is 23.1 Å². The lowest BCUT2D eigenvalue weighted by atomic mass is 9.98. The molecular weight excluding hydrogens is 312 g/mol. The van der Waals surface area contributed by atoms with Crippen molar-refractivity contribution in [1.29, 1.82) is 0 Å². The van der Waals surface area contributed by atoms with E-state index in [0.717, 1.165) is 11.7 Å². The van der Waals surface area contributed by atoms with Gasteiger partial charge in [-0.1, -0.05) is 6.07 Å². The molecule has 3 rings (SSSR count). The minimum Gasteiger partial charge on any atom is -0.369 e. The van der Waals surface area contributed by atoms with Crippen LogP contribution in [-0.4, -0.2) is 40.5 Å². The van der Waals surface area contributed by atoms with Gasteiger partial charge in [0.1, 0.15) is 15.9 Å². The Hall–Kier alpha value is -1.58. The molecule has 2 heterocycles. The molecule has 9 heteroatoms. The second-order valence-electron chi connectivity index (χ2n) is 4.97. The molecular formula is C12H14N4O3S2. The molecule has 21 heavy (non-hydrogen) atoms. The number of benzene rings is 1. The first kappa shape index (κ1) is 14.4. The number of nitrogens with zero attached hydrogens (tertiary/aromatic N) is 3. The lowest BCUT2D eigenvalue weighted by Gasteiger charge is -2.29. The van der Waals surface area contributed by atoms with Gasteiger partial charge in [0, 0.05) is 19.0 Å². The van der Waals surface area contributed by atoms with Crippen molar-refractivity contribution in [3.8, 4) is 0 Å². The van der Waals surface area contributed by atoms with Gasteiger partial charge in [-0.15, -0.1) is 0 Å². The summed E-state index contributed by atoms with van der Waals surface area (Å²) in [5, 5.41) is 0. The van der Waals surface area contributed by atoms with Crippen molar-refractivity contribution < 1.29 is 13.2 Å². The van der Waals surface area contributed by atoms with Crippen molar-refractivity contribution >= 4 is 38.7 Å². The molecule has 1 saturated heterocycles. The van der Waals surface area contributed by atoms with E-state index in [1.165, 1.54) is 4.31 Å². The first-order valence-electron chi connectivity index (χ1n) is 6.51. The predicted octanol–water partition coefficient (Wildman–Crippen LogP) is 0.577. The van der Waals surface area contributed by atoms with Crippen molar-refractivity contribution in [2.75, 3.05) is 13.1 Å². The maximum Gasteiger partial charge on any atom is 0.245 e. The summed E-state index contributed by atoms with van der Waals surface area (Å²) < 4.78 is 35.0. The third-order valence-corrected chi connectivity index (χ3v) is 6.20. The summed E-state index contributed by atoms with van der Waals surface area (Å²) in [5.41, 5.74) is 6.25. The van der Waals surface area contributed by atoms with Gasteiger partial charge in [-0.2, -0.15) is 13.1 Å². The summed E-state index contributed by atoms with van der Waals surface area (Å²) in [5.74, 6) is -0.606. The Bertz CT molecular complexity index is 779. The first-order chi connectivity index (χ1) is 10.00. The van der Waals surface area contributed by atoms with E-state index < -0.39 is 10.0 Å². The van der Waals surface area contributed by atoms with Crippen LogP contribution in [0.3, 0.4) is 0 Å². The Morgan fingerprint density at radius 2 is 2.00 bits per heavy atom. The molecule has 0 bridgehead atoms. The number of hydrogen-bond donors (Lipinski definition) is 1. The highest BCUT2D eigenvalue weighted by molar-refractivity contribution is 7.89. The summed E-state index contributed by atoms with van der Waals surface area (Å²) in [4.78, 5) is 11.3. The third kappa shape index (κ3) is 2.52. The molecule has 7 nitrogen and oxygen atoms in total. The van der Waals surface area contributed by atoms with E-state index in [2.05, 4.69) is 8.75 Å². The van der Waals surface area contributed by atoms with E-state index in [-0.39, 0.29) is 16.7 Å². The molecule has 0 unspecified atom stereocenters. The zero-order chi connectivity index (χ0) is 15.0. The fraction of sp³-hybridized carbons (Fsp3) is 0.417. The number of aromatic nitrogens is 2. The highest BCUT2D eigenvalue weighted by atomic mass is 32.2. The zero-order valence-electron chi connectivity index (χ0n) is 11.1. The molecule has 1 aromatic carbocycles. The van der Waals surface area contributed by atoms with Gasteiger partial charge < -0.3 is 5.73 Å². The third-order valence-electron chi connectivity index (χ3n) is 3.72. The number of nitrogens with two attached hydrogens (primary N) is 1. The lowest BCUT2D eigenvalue weighted by Crippen LogP contribution is -2.41. The number of fused-ring (bicyclic) bond motifs is 1. The second kappa shape index (κ2) is 5.32. The molecule has 0 spiro atoms. The smallest absolute Gasteiger partial charge is 0.245 e. The minimum atomic E-state index is -3.62. The van der Waals surface area contributed by atoms with Gasteiger partial charge in [0.2, 0.25) is 15.9 Å². The Morgan fingerprint density at radius 1 is 1.29 bits per heavy atom. The highest BCUT2D eigenvalue weighted by Crippen LogP contribution is 2.27. The van der Waals surface area contributed by atoms with E-state index in [4.69, 9.17) is 5.73 Å². The van der Waals surface area contributed by atoms with Crippen LogP contribution in [0.2, 0.25) is 0 Å². The maximum absolute atomic E-state index is 12.7. The minimum absolute atomic E-state index is 0.172. The first-order valence-corrected chi connectivity index (χ1v) is 8.68.